The highest BCUT2D eigenvalue weighted by Crippen LogP contribution is 2.43. The Morgan fingerprint density at radius 3 is 1.77 bits per heavy atom. The third kappa shape index (κ3) is 4.24. The van der Waals surface area contributed by atoms with Gasteiger partial charge in [0.2, 0.25) is 0 Å². The Kier molecular flexibility index (Phi) is 5.86. The van der Waals surface area contributed by atoms with E-state index in [9.17, 15) is 0 Å². The third-order valence-electron chi connectivity index (χ3n) is 7.68. The Morgan fingerprint density at radius 2 is 1.13 bits per heavy atom. The van der Waals surface area contributed by atoms with E-state index in [2.05, 4.69) is 109 Å². The van der Waals surface area contributed by atoms with Crippen LogP contribution in [0.4, 0.5) is 0 Å². The average Bonchev–Trinajstić information content (AvgIpc) is 3.00. The topological polar surface area (TPSA) is 25.8 Å². The van der Waals surface area contributed by atoms with Gasteiger partial charge in [0, 0.05) is 11.8 Å². The number of aromatic nitrogens is 2. The molecule has 7 rings (SSSR count). The first-order valence-electron chi connectivity index (χ1n) is 13.6. The van der Waals surface area contributed by atoms with E-state index in [1.807, 2.05) is 24.3 Å². The van der Waals surface area contributed by atoms with Gasteiger partial charge < -0.3 is 0 Å². The minimum atomic E-state index is 0.881. The van der Waals surface area contributed by atoms with E-state index < -0.39 is 0 Å². The Morgan fingerprint density at radius 1 is 0.538 bits per heavy atom. The number of allylic oxidation sites excluding steroid dienone is 4. The Bertz CT molecular complexity index is 1840. The molecule has 0 atom stereocenters. The van der Waals surface area contributed by atoms with Crippen molar-refractivity contribution in [3.8, 4) is 33.8 Å². The van der Waals surface area contributed by atoms with Crippen LogP contribution in [0, 0.1) is 0 Å². The standard InChI is InChI=1S/C37H28N2/c1-25-10-8-11-28(24-25)37-31-14-4-2-12-29(31)36(30-13-3-5-15-32(30)37)27-21-19-26(20-22-27)33-17-9-18-35(39-33)34-16-6-7-23-38-34/h2-7,9-10,12-24H,8,11H2,1H3. The van der Waals surface area contributed by atoms with Crippen molar-refractivity contribution in [2.75, 3.05) is 0 Å². The molecule has 2 heterocycles. The number of pyridine rings is 2. The fraction of sp³-hybridized carbons (Fsp3) is 0.0811. The summed E-state index contributed by atoms with van der Waals surface area (Å²) in [7, 11) is 0. The molecule has 0 fully saturated rings. The van der Waals surface area contributed by atoms with E-state index in [1.54, 1.807) is 6.20 Å². The van der Waals surface area contributed by atoms with Gasteiger partial charge in [0.15, 0.2) is 0 Å². The fourth-order valence-electron chi connectivity index (χ4n) is 5.90. The zero-order valence-electron chi connectivity index (χ0n) is 21.9. The highest BCUT2D eigenvalue weighted by atomic mass is 14.8. The van der Waals surface area contributed by atoms with Crippen molar-refractivity contribution < 1.29 is 0 Å². The molecular formula is C37H28N2. The van der Waals surface area contributed by atoms with Crippen LogP contribution in [0.3, 0.4) is 0 Å². The van der Waals surface area contributed by atoms with E-state index in [-0.39, 0.29) is 0 Å². The van der Waals surface area contributed by atoms with E-state index in [0.29, 0.717) is 0 Å². The van der Waals surface area contributed by atoms with Crippen molar-refractivity contribution in [1.82, 2.24) is 9.97 Å². The number of rotatable bonds is 4. The summed E-state index contributed by atoms with van der Waals surface area (Å²) in [4.78, 5) is 9.38. The zero-order valence-corrected chi connectivity index (χ0v) is 21.9. The molecule has 0 bridgehead atoms. The lowest BCUT2D eigenvalue weighted by Gasteiger charge is -2.21. The third-order valence-corrected chi connectivity index (χ3v) is 7.68. The largest absolute Gasteiger partial charge is 0.255 e. The number of hydrogen-bond acceptors (Lipinski definition) is 2. The summed E-state index contributed by atoms with van der Waals surface area (Å²) in [5.74, 6) is 0. The molecule has 2 aromatic heterocycles. The molecular weight excluding hydrogens is 472 g/mol. The highest BCUT2D eigenvalue weighted by Gasteiger charge is 2.18. The van der Waals surface area contributed by atoms with Gasteiger partial charge in [0.25, 0.3) is 0 Å². The molecule has 0 aliphatic heterocycles. The predicted octanol–water partition coefficient (Wildman–Crippen LogP) is 9.91. The van der Waals surface area contributed by atoms with Crippen molar-refractivity contribution in [1.29, 1.82) is 0 Å². The highest BCUT2D eigenvalue weighted by molar-refractivity contribution is 6.18. The van der Waals surface area contributed by atoms with Crippen LogP contribution in [0.5, 0.6) is 0 Å². The molecule has 4 aromatic carbocycles. The van der Waals surface area contributed by atoms with Crippen molar-refractivity contribution >= 4 is 27.1 Å². The molecule has 0 radical (unpaired) electrons. The first-order valence-corrected chi connectivity index (χ1v) is 13.6. The SMILES string of the molecule is CC1=CCCC(c2c3ccccc3c(-c3ccc(-c4cccc(-c5ccccn5)n4)cc3)c3ccccc23)=C1. The summed E-state index contributed by atoms with van der Waals surface area (Å²) in [5, 5.41) is 5.23. The van der Waals surface area contributed by atoms with E-state index in [1.165, 1.54) is 49.4 Å². The van der Waals surface area contributed by atoms with Gasteiger partial charge in [0.05, 0.1) is 17.1 Å². The second kappa shape index (κ2) is 9.81. The van der Waals surface area contributed by atoms with Crippen molar-refractivity contribution in [3.63, 3.8) is 0 Å². The van der Waals surface area contributed by atoms with Crippen LogP contribution < -0.4 is 0 Å². The molecule has 1 aliphatic carbocycles. The van der Waals surface area contributed by atoms with Crippen LogP contribution in [-0.2, 0) is 0 Å². The summed E-state index contributed by atoms with van der Waals surface area (Å²) in [6.45, 7) is 2.21. The lowest BCUT2D eigenvalue weighted by Crippen LogP contribution is -1.96. The molecule has 186 valence electrons. The number of benzene rings is 4. The maximum absolute atomic E-state index is 4.91. The van der Waals surface area contributed by atoms with Gasteiger partial charge >= 0.3 is 0 Å². The minimum absolute atomic E-state index is 0.881. The number of fused-ring (bicyclic) bond motifs is 2. The Balaban J connectivity index is 1.38. The van der Waals surface area contributed by atoms with Gasteiger partial charge in [-0.3, -0.25) is 4.98 Å². The normalized spacial score (nSPS) is 13.4. The molecule has 39 heavy (non-hydrogen) atoms. The average molecular weight is 501 g/mol. The van der Waals surface area contributed by atoms with Gasteiger partial charge in [0.1, 0.15) is 0 Å². The number of nitrogens with zero attached hydrogens (tertiary/aromatic N) is 2. The molecule has 6 aromatic rings. The monoisotopic (exact) mass is 500 g/mol. The number of hydrogen-bond donors (Lipinski definition) is 0. The molecule has 2 nitrogen and oxygen atoms in total. The Hall–Kier alpha value is -4.82. The molecule has 0 unspecified atom stereocenters. The van der Waals surface area contributed by atoms with E-state index in [0.717, 1.165) is 35.5 Å². The summed E-state index contributed by atoms with van der Waals surface area (Å²) < 4.78 is 0. The van der Waals surface area contributed by atoms with Gasteiger partial charge in [-0.15, -0.1) is 0 Å². The predicted molar refractivity (Wildman–Crippen MR) is 164 cm³/mol. The lowest BCUT2D eigenvalue weighted by atomic mass is 9.83. The van der Waals surface area contributed by atoms with Crippen molar-refractivity contribution in [2.45, 2.75) is 19.8 Å². The van der Waals surface area contributed by atoms with Gasteiger partial charge in [-0.05, 0) is 87.8 Å². The smallest absolute Gasteiger partial charge is 0.0893 e. The van der Waals surface area contributed by atoms with Crippen LogP contribution in [0.2, 0.25) is 0 Å². The second-order valence-corrected chi connectivity index (χ2v) is 10.2. The minimum Gasteiger partial charge on any atom is -0.255 e. The lowest BCUT2D eigenvalue weighted by molar-refractivity contribution is 1.04. The molecule has 0 spiro atoms. The van der Waals surface area contributed by atoms with E-state index in [4.69, 9.17) is 4.98 Å². The maximum atomic E-state index is 4.91. The quantitative estimate of drug-likeness (QED) is 0.225. The van der Waals surface area contributed by atoms with Crippen molar-refractivity contribution in [3.05, 3.63) is 139 Å². The summed E-state index contributed by atoms with van der Waals surface area (Å²) >= 11 is 0. The zero-order chi connectivity index (χ0) is 26.2. The molecule has 0 N–H and O–H groups in total. The van der Waals surface area contributed by atoms with Crippen molar-refractivity contribution in [2.24, 2.45) is 0 Å². The Labute approximate surface area is 229 Å². The molecule has 2 heteroatoms. The summed E-state index contributed by atoms with van der Waals surface area (Å²) in [6, 6.07) is 38.7. The fourth-order valence-corrected chi connectivity index (χ4v) is 5.90. The first kappa shape index (κ1) is 23.3. The summed E-state index contributed by atoms with van der Waals surface area (Å²) in [5.41, 5.74) is 10.5. The van der Waals surface area contributed by atoms with Gasteiger partial charge in [-0.25, -0.2) is 4.98 Å². The van der Waals surface area contributed by atoms with Crippen LogP contribution in [0.1, 0.15) is 25.3 Å². The molecule has 1 aliphatic rings. The molecule has 0 saturated heterocycles. The van der Waals surface area contributed by atoms with Crippen LogP contribution in [0.15, 0.2) is 133 Å². The summed E-state index contributed by atoms with van der Waals surface area (Å²) in [6.07, 6.45) is 8.69. The van der Waals surface area contributed by atoms with Crippen LogP contribution >= 0.6 is 0 Å². The second-order valence-electron chi connectivity index (χ2n) is 10.2. The first-order chi connectivity index (χ1) is 19.3. The van der Waals surface area contributed by atoms with Gasteiger partial charge in [-0.2, -0.15) is 0 Å². The maximum Gasteiger partial charge on any atom is 0.0893 e. The molecule has 0 amide bonds. The van der Waals surface area contributed by atoms with Crippen LogP contribution in [-0.4, -0.2) is 9.97 Å². The van der Waals surface area contributed by atoms with E-state index >= 15 is 0 Å². The van der Waals surface area contributed by atoms with Gasteiger partial charge in [-0.1, -0.05) is 103 Å². The van der Waals surface area contributed by atoms with Crippen LogP contribution in [0.25, 0.3) is 60.9 Å². The molecule has 0 saturated carbocycles.